The summed E-state index contributed by atoms with van der Waals surface area (Å²) in [7, 11) is 0. The summed E-state index contributed by atoms with van der Waals surface area (Å²) in [5, 5.41) is 11.2. The Hall–Kier alpha value is -3.96. The minimum atomic E-state index is -0.946. The molecule has 6 rings (SSSR count). The van der Waals surface area contributed by atoms with E-state index in [9.17, 15) is 14.3 Å². The highest BCUT2D eigenvalue weighted by molar-refractivity contribution is 6.34. The summed E-state index contributed by atoms with van der Waals surface area (Å²) in [5.41, 5.74) is 1.06. The van der Waals surface area contributed by atoms with Crippen LogP contribution in [-0.2, 0) is 0 Å². The number of fused-ring (bicyclic) bond motifs is 3. The molecule has 9 heteroatoms. The number of likely N-dealkylation sites (tertiary alicyclic amines) is 1. The van der Waals surface area contributed by atoms with Gasteiger partial charge in [-0.15, -0.1) is 6.42 Å². The van der Waals surface area contributed by atoms with Crippen molar-refractivity contribution >= 4 is 45.1 Å². The summed E-state index contributed by atoms with van der Waals surface area (Å²) in [6.45, 7) is 0.890. The Balaban J connectivity index is 1.51. The predicted octanol–water partition coefficient (Wildman–Crippen LogP) is 5.30. The molecule has 2 aromatic heterocycles. The summed E-state index contributed by atoms with van der Waals surface area (Å²) in [6, 6.07) is 7.86. The van der Waals surface area contributed by atoms with Gasteiger partial charge in [0.05, 0.1) is 28.4 Å². The van der Waals surface area contributed by atoms with Crippen LogP contribution in [0.25, 0.3) is 32.9 Å². The van der Waals surface area contributed by atoms with Gasteiger partial charge in [-0.1, -0.05) is 41.8 Å². The Morgan fingerprint density at radius 1 is 1.17 bits per heavy atom. The van der Waals surface area contributed by atoms with E-state index in [1.54, 1.807) is 24.3 Å². The number of benzene rings is 2. The first-order chi connectivity index (χ1) is 16.9. The fourth-order valence-corrected chi connectivity index (χ4v) is 5.63. The molecule has 2 aromatic carbocycles. The summed E-state index contributed by atoms with van der Waals surface area (Å²) in [4.78, 5) is 23.5. The molecular weight excluding hydrogens is 474 g/mol. The van der Waals surface area contributed by atoms with Crippen LogP contribution >= 0.6 is 11.6 Å². The lowest BCUT2D eigenvalue weighted by atomic mass is 9.94. The molecule has 0 radical (unpaired) electrons. The zero-order valence-corrected chi connectivity index (χ0v) is 18.9. The summed E-state index contributed by atoms with van der Waals surface area (Å²) >= 11 is 6.50. The molecule has 2 aliphatic rings. The number of nitrogens with zero attached hydrogens (tertiary/aromatic N) is 4. The molecule has 0 spiro atoms. The second-order valence-electron chi connectivity index (χ2n) is 8.66. The van der Waals surface area contributed by atoms with Gasteiger partial charge >= 0.3 is 6.09 Å². The Labute approximate surface area is 203 Å². The summed E-state index contributed by atoms with van der Waals surface area (Å²) in [6.07, 6.45) is 8.18. The molecule has 174 valence electrons. The number of hydrogen-bond acceptors (Lipinski definition) is 4. The van der Waals surface area contributed by atoms with Crippen LogP contribution in [0.3, 0.4) is 0 Å². The number of carbonyl (C=O) groups is 1. The van der Waals surface area contributed by atoms with Crippen LogP contribution in [0.1, 0.15) is 12.0 Å². The Kier molecular flexibility index (Phi) is 4.80. The van der Waals surface area contributed by atoms with Crippen molar-refractivity contribution in [2.45, 2.75) is 18.5 Å². The summed E-state index contributed by atoms with van der Waals surface area (Å²) in [5.74, 6) is 1.13. The number of terminal acetylenes is 1. The van der Waals surface area contributed by atoms with Crippen molar-refractivity contribution in [3.63, 3.8) is 0 Å². The van der Waals surface area contributed by atoms with Crippen molar-refractivity contribution in [3.8, 4) is 23.6 Å². The van der Waals surface area contributed by atoms with Crippen LogP contribution in [0.5, 0.6) is 0 Å². The Morgan fingerprint density at radius 3 is 2.77 bits per heavy atom. The lowest BCUT2D eigenvalue weighted by molar-refractivity contribution is 0.129. The molecule has 0 bridgehead atoms. The second kappa shape index (κ2) is 7.79. The zero-order valence-electron chi connectivity index (χ0n) is 18.2. The van der Waals surface area contributed by atoms with Crippen LogP contribution in [0, 0.1) is 24.0 Å². The number of carboxylic acid groups (broad SMARTS) is 1. The monoisotopic (exact) mass is 490 g/mol. The van der Waals surface area contributed by atoms with E-state index in [0.717, 1.165) is 0 Å². The van der Waals surface area contributed by atoms with E-state index in [1.807, 2.05) is 4.90 Å². The molecule has 4 aromatic rings. The van der Waals surface area contributed by atoms with E-state index in [4.69, 9.17) is 18.0 Å². The first-order valence-corrected chi connectivity index (χ1v) is 11.4. The first-order valence-electron chi connectivity index (χ1n) is 11.0. The fraction of sp³-hybridized carbons (Fsp3) is 0.192. The highest BCUT2D eigenvalue weighted by Gasteiger charge is 2.49. The minimum Gasteiger partial charge on any atom is -0.465 e. The number of hydrogen-bond donors (Lipinski definition) is 1. The van der Waals surface area contributed by atoms with Crippen LogP contribution in [0.2, 0.25) is 5.02 Å². The van der Waals surface area contributed by atoms with E-state index >= 15 is 4.39 Å². The van der Waals surface area contributed by atoms with Gasteiger partial charge in [-0.3, -0.25) is 9.97 Å². The quantitative estimate of drug-likeness (QED) is 0.386. The molecular formula is C26H17ClF2N4O2. The van der Waals surface area contributed by atoms with Gasteiger partial charge in [-0.25, -0.2) is 13.6 Å². The highest BCUT2D eigenvalue weighted by Crippen LogP contribution is 2.44. The standard InChI is InChI=1S/C26H17ClF2N4O2/c1-2-14-18(28)7-6-13-4-3-5-15(21(13)14)23-22(29)24-16(10-30-23)25(17(27)11-31-24)33-12-20-19(33)8-9-32(20)26(34)35/h1,3-7,10-11,19-20H,8-9,12H2,(H,34,35)/t19-,20-/m1/s1. The van der Waals surface area contributed by atoms with Gasteiger partial charge in [0.1, 0.15) is 17.0 Å². The SMILES string of the molecule is C#Cc1c(F)ccc2cccc(-c3ncc4c(N5C[C@@H]6[C@H]5CCN6C(=O)O)c(Cl)cnc4c3F)c12. The lowest BCUT2D eigenvalue weighted by Gasteiger charge is -2.48. The first kappa shape index (κ1) is 21.6. The molecule has 0 unspecified atom stereocenters. The topological polar surface area (TPSA) is 69.6 Å². The average molecular weight is 491 g/mol. The fourth-order valence-electron chi connectivity index (χ4n) is 5.37. The van der Waals surface area contributed by atoms with E-state index in [-0.39, 0.29) is 28.9 Å². The molecule has 2 saturated heterocycles. The van der Waals surface area contributed by atoms with E-state index in [1.165, 1.54) is 23.4 Å². The number of rotatable bonds is 2. The molecule has 2 fully saturated rings. The van der Waals surface area contributed by atoms with Gasteiger partial charge in [-0.2, -0.15) is 0 Å². The van der Waals surface area contributed by atoms with Gasteiger partial charge in [0.25, 0.3) is 0 Å². The highest BCUT2D eigenvalue weighted by atomic mass is 35.5. The number of halogens is 3. The molecule has 0 aliphatic carbocycles. The normalized spacial score (nSPS) is 19.0. The smallest absolute Gasteiger partial charge is 0.407 e. The third-order valence-corrected chi connectivity index (χ3v) is 7.28. The summed E-state index contributed by atoms with van der Waals surface area (Å²) < 4.78 is 30.4. The van der Waals surface area contributed by atoms with Gasteiger partial charge in [0.15, 0.2) is 5.82 Å². The molecule has 1 N–H and O–H groups in total. The maximum absolute atomic E-state index is 15.9. The Bertz CT molecular complexity index is 1600. The van der Waals surface area contributed by atoms with Gasteiger partial charge in [0, 0.05) is 41.8 Å². The number of aromatic nitrogens is 2. The predicted molar refractivity (Wildman–Crippen MR) is 130 cm³/mol. The van der Waals surface area contributed by atoms with Gasteiger partial charge in [-0.05, 0) is 17.9 Å². The molecule has 6 nitrogen and oxygen atoms in total. The van der Waals surface area contributed by atoms with Crippen molar-refractivity contribution in [2.24, 2.45) is 0 Å². The molecule has 35 heavy (non-hydrogen) atoms. The molecule has 2 aliphatic heterocycles. The maximum atomic E-state index is 15.9. The number of pyridine rings is 2. The van der Waals surface area contributed by atoms with E-state index in [2.05, 4.69) is 15.9 Å². The third-order valence-electron chi connectivity index (χ3n) is 7.00. The van der Waals surface area contributed by atoms with Gasteiger partial charge < -0.3 is 14.9 Å². The maximum Gasteiger partial charge on any atom is 0.407 e. The van der Waals surface area contributed by atoms with Gasteiger partial charge in [0.2, 0.25) is 0 Å². The van der Waals surface area contributed by atoms with Crippen LogP contribution < -0.4 is 4.90 Å². The molecule has 2 atom stereocenters. The van der Waals surface area contributed by atoms with Crippen molar-refractivity contribution in [1.82, 2.24) is 14.9 Å². The lowest BCUT2D eigenvalue weighted by Crippen LogP contribution is -2.63. The van der Waals surface area contributed by atoms with Crippen LogP contribution in [0.4, 0.5) is 19.3 Å². The number of amides is 1. The number of anilines is 1. The molecule has 1 amide bonds. The van der Waals surface area contributed by atoms with Crippen molar-refractivity contribution in [3.05, 3.63) is 64.9 Å². The largest absolute Gasteiger partial charge is 0.465 e. The molecule has 0 saturated carbocycles. The average Bonchev–Trinajstić information content (AvgIpc) is 3.17. The molecule has 4 heterocycles. The third kappa shape index (κ3) is 3.05. The van der Waals surface area contributed by atoms with Crippen LogP contribution in [-0.4, -0.2) is 51.2 Å². The van der Waals surface area contributed by atoms with Crippen molar-refractivity contribution in [1.29, 1.82) is 0 Å². The van der Waals surface area contributed by atoms with Crippen molar-refractivity contribution in [2.75, 3.05) is 18.0 Å². The second-order valence-corrected chi connectivity index (χ2v) is 9.07. The van der Waals surface area contributed by atoms with E-state index < -0.39 is 17.7 Å². The van der Waals surface area contributed by atoms with Crippen LogP contribution in [0.15, 0.2) is 42.7 Å². The Morgan fingerprint density at radius 2 is 2.00 bits per heavy atom. The minimum absolute atomic E-state index is 0.00498. The zero-order chi connectivity index (χ0) is 24.4. The van der Waals surface area contributed by atoms with Crippen molar-refractivity contribution < 1.29 is 18.7 Å². The van der Waals surface area contributed by atoms with E-state index in [0.29, 0.717) is 51.9 Å².